The molecule has 0 aromatic heterocycles. The SMILES string of the molecule is CCC(CC)CNC(=O)CSCc1ccc(C)cc1. The Kier molecular flexibility index (Phi) is 7.65. The van der Waals surface area contributed by atoms with Crippen LogP contribution in [0.1, 0.15) is 37.8 Å². The number of hydrogen-bond donors (Lipinski definition) is 1. The van der Waals surface area contributed by atoms with E-state index in [4.69, 9.17) is 0 Å². The normalized spacial score (nSPS) is 10.7. The molecule has 1 rings (SSSR count). The first-order valence-electron chi connectivity index (χ1n) is 7.05. The zero-order valence-electron chi connectivity index (χ0n) is 12.2. The van der Waals surface area contributed by atoms with E-state index in [1.807, 2.05) is 0 Å². The van der Waals surface area contributed by atoms with Crippen LogP contribution in [0.5, 0.6) is 0 Å². The summed E-state index contributed by atoms with van der Waals surface area (Å²) >= 11 is 1.68. The van der Waals surface area contributed by atoms with Gasteiger partial charge in [-0.1, -0.05) is 56.5 Å². The van der Waals surface area contributed by atoms with E-state index in [2.05, 4.69) is 50.4 Å². The first-order chi connectivity index (χ1) is 9.15. The highest BCUT2D eigenvalue weighted by molar-refractivity contribution is 7.99. The molecular weight excluding hydrogens is 254 g/mol. The van der Waals surface area contributed by atoms with E-state index in [0.29, 0.717) is 11.7 Å². The molecule has 0 unspecified atom stereocenters. The molecule has 3 heteroatoms. The highest BCUT2D eigenvalue weighted by Gasteiger charge is 2.06. The Hall–Kier alpha value is -0.960. The molecule has 0 spiro atoms. The average Bonchev–Trinajstić information content (AvgIpc) is 2.42. The summed E-state index contributed by atoms with van der Waals surface area (Å²) < 4.78 is 0. The third-order valence-electron chi connectivity index (χ3n) is 3.37. The van der Waals surface area contributed by atoms with Crippen molar-refractivity contribution in [1.29, 1.82) is 0 Å². The van der Waals surface area contributed by atoms with Crippen molar-refractivity contribution in [2.45, 2.75) is 39.4 Å². The van der Waals surface area contributed by atoms with Gasteiger partial charge < -0.3 is 5.32 Å². The molecule has 0 aliphatic carbocycles. The van der Waals surface area contributed by atoms with Crippen molar-refractivity contribution in [3.05, 3.63) is 35.4 Å². The summed E-state index contributed by atoms with van der Waals surface area (Å²) in [6.45, 7) is 7.25. The highest BCUT2D eigenvalue weighted by atomic mass is 32.2. The molecule has 106 valence electrons. The minimum absolute atomic E-state index is 0.156. The summed E-state index contributed by atoms with van der Waals surface area (Å²) in [6.07, 6.45) is 2.26. The number of aryl methyl sites for hydroxylation is 1. The van der Waals surface area contributed by atoms with Crippen molar-refractivity contribution in [1.82, 2.24) is 5.32 Å². The molecule has 0 saturated carbocycles. The van der Waals surface area contributed by atoms with Gasteiger partial charge in [0.05, 0.1) is 5.75 Å². The smallest absolute Gasteiger partial charge is 0.230 e. The molecule has 0 radical (unpaired) electrons. The average molecular weight is 279 g/mol. The highest BCUT2D eigenvalue weighted by Crippen LogP contribution is 2.12. The lowest BCUT2D eigenvalue weighted by atomic mass is 10.0. The monoisotopic (exact) mass is 279 g/mol. The minimum Gasteiger partial charge on any atom is -0.355 e. The predicted octanol–water partition coefficient (Wildman–Crippen LogP) is 3.78. The Labute approximate surface area is 121 Å². The molecule has 1 aromatic rings. The van der Waals surface area contributed by atoms with Crippen molar-refractivity contribution in [3.63, 3.8) is 0 Å². The molecule has 0 bridgehead atoms. The van der Waals surface area contributed by atoms with Gasteiger partial charge in [-0.2, -0.15) is 0 Å². The molecular formula is C16H25NOS. The number of thioether (sulfide) groups is 1. The van der Waals surface area contributed by atoms with Crippen LogP contribution in [-0.2, 0) is 10.5 Å². The lowest BCUT2D eigenvalue weighted by Gasteiger charge is -2.13. The zero-order chi connectivity index (χ0) is 14.1. The number of nitrogens with one attached hydrogen (secondary N) is 1. The van der Waals surface area contributed by atoms with Gasteiger partial charge in [0.1, 0.15) is 0 Å². The Balaban J connectivity index is 2.18. The van der Waals surface area contributed by atoms with Gasteiger partial charge in [0.25, 0.3) is 0 Å². The molecule has 1 aromatic carbocycles. The maximum absolute atomic E-state index is 11.7. The lowest BCUT2D eigenvalue weighted by molar-refractivity contribution is -0.118. The maximum atomic E-state index is 11.7. The van der Waals surface area contributed by atoms with E-state index in [1.54, 1.807) is 11.8 Å². The number of carbonyl (C=O) groups excluding carboxylic acids is 1. The molecule has 19 heavy (non-hydrogen) atoms. The van der Waals surface area contributed by atoms with Gasteiger partial charge in [-0.25, -0.2) is 0 Å². The second kappa shape index (κ2) is 9.03. The van der Waals surface area contributed by atoms with Gasteiger partial charge in [0.15, 0.2) is 0 Å². The molecule has 2 nitrogen and oxygen atoms in total. The fraction of sp³-hybridized carbons (Fsp3) is 0.562. The number of rotatable bonds is 8. The standard InChI is InChI=1S/C16H25NOS/c1-4-14(5-2)10-17-16(18)12-19-11-15-8-6-13(3)7-9-15/h6-9,14H,4-5,10-12H2,1-3H3,(H,17,18). The van der Waals surface area contributed by atoms with Crippen LogP contribution in [0.2, 0.25) is 0 Å². The van der Waals surface area contributed by atoms with Crippen LogP contribution in [0.4, 0.5) is 0 Å². The second-order valence-electron chi connectivity index (χ2n) is 4.96. The largest absolute Gasteiger partial charge is 0.355 e. The van der Waals surface area contributed by atoms with Crippen molar-refractivity contribution in [2.24, 2.45) is 5.92 Å². The fourth-order valence-electron chi connectivity index (χ4n) is 1.83. The van der Waals surface area contributed by atoms with Crippen molar-refractivity contribution < 1.29 is 4.79 Å². The first kappa shape index (κ1) is 16.1. The first-order valence-corrected chi connectivity index (χ1v) is 8.21. The van der Waals surface area contributed by atoms with Crippen LogP contribution >= 0.6 is 11.8 Å². The zero-order valence-corrected chi connectivity index (χ0v) is 13.1. The van der Waals surface area contributed by atoms with Gasteiger partial charge in [0, 0.05) is 12.3 Å². The molecule has 0 aliphatic heterocycles. The van der Waals surface area contributed by atoms with E-state index in [0.717, 1.165) is 25.1 Å². The van der Waals surface area contributed by atoms with E-state index in [1.165, 1.54) is 11.1 Å². The number of hydrogen-bond acceptors (Lipinski definition) is 2. The van der Waals surface area contributed by atoms with Crippen molar-refractivity contribution >= 4 is 17.7 Å². The summed E-state index contributed by atoms with van der Waals surface area (Å²) in [5.74, 6) is 2.22. The van der Waals surface area contributed by atoms with Crippen molar-refractivity contribution in [3.8, 4) is 0 Å². The third-order valence-corrected chi connectivity index (χ3v) is 4.37. The van der Waals surface area contributed by atoms with Gasteiger partial charge in [-0.15, -0.1) is 11.8 Å². The Morgan fingerprint density at radius 3 is 2.42 bits per heavy atom. The predicted molar refractivity (Wildman–Crippen MR) is 84.4 cm³/mol. The molecule has 1 amide bonds. The molecule has 1 N–H and O–H groups in total. The summed E-state index contributed by atoms with van der Waals surface area (Å²) in [5.41, 5.74) is 2.56. The number of benzene rings is 1. The maximum Gasteiger partial charge on any atom is 0.230 e. The van der Waals surface area contributed by atoms with Crippen LogP contribution in [0.3, 0.4) is 0 Å². The van der Waals surface area contributed by atoms with E-state index in [-0.39, 0.29) is 5.91 Å². The molecule has 0 atom stereocenters. The second-order valence-corrected chi connectivity index (χ2v) is 5.95. The Morgan fingerprint density at radius 2 is 1.84 bits per heavy atom. The van der Waals surface area contributed by atoms with Crippen LogP contribution in [0, 0.1) is 12.8 Å². The van der Waals surface area contributed by atoms with E-state index in [9.17, 15) is 4.79 Å². The van der Waals surface area contributed by atoms with Gasteiger partial charge >= 0.3 is 0 Å². The van der Waals surface area contributed by atoms with E-state index >= 15 is 0 Å². The van der Waals surface area contributed by atoms with Gasteiger partial charge in [0.2, 0.25) is 5.91 Å². The minimum atomic E-state index is 0.156. The van der Waals surface area contributed by atoms with Crippen molar-refractivity contribution in [2.75, 3.05) is 12.3 Å². The van der Waals surface area contributed by atoms with Gasteiger partial charge in [-0.05, 0) is 18.4 Å². The fourth-order valence-corrected chi connectivity index (χ4v) is 2.65. The molecule has 0 aliphatic rings. The summed E-state index contributed by atoms with van der Waals surface area (Å²) in [6, 6.07) is 8.49. The summed E-state index contributed by atoms with van der Waals surface area (Å²) in [5, 5.41) is 3.02. The van der Waals surface area contributed by atoms with E-state index < -0.39 is 0 Å². The summed E-state index contributed by atoms with van der Waals surface area (Å²) in [4.78, 5) is 11.7. The Morgan fingerprint density at radius 1 is 1.21 bits per heavy atom. The molecule has 0 heterocycles. The molecule has 0 fully saturated rings. The topological polar surface area (TPSA) is 29.1 Å². The lowest BCUT2D eigenvalue weighted by Crippen LogP contribution is -2.30. The van der Waals surface area contributed by atoms with Crippen LogP contribution in [0.15, 0.2) is 24.3 Å². The van der Waals surface area contributed by atoms with Crippen LogP contribution < -0.4 is 5.32 Å². The van der Waals surface area contributed by atoms with Crippen LogP contribution in [0.25, 0.3) is 0 Å². The third kappa shape index (κ3) is 6.67. The van der Waals surface area contributed by atoms with Crippen LogP contribution in [-0.4, -0.2) is 18.2 Å². The number of amides is 1. The van der Waals surface area contributed by atoms with Gasteiger partial charge in [-0.3, -0.25) is 4.79 Å². The Bertz CT molecular complexity index is 371. The summed E-state index contributed by atoms with van der Waals surface area (Å²) in [7, 11) is 0. The molecule has 0 saturated heterocycles. The quantitative estimate of drug-likeness (QED) is 0.784. The number of carbonyl (C=O) groups is 1.